The molecule has 0 N–H and O–H groups in total. The summed E-state index contributed by atoms with van der Waals surface area (Å²) in [5.41, 5.74) is 3.86. The summed E-state index contributed by atoms with van der Waals surface area (Å²) in [6, 6.07) is 13.1. The molecule has 0 spiro atoms. The Morgan fingerprint density at radius 3 is 2.35 bits per heavy atom. The first-order valence-electron chi connectivity index (χ1n) is 11.1. The topological polar surface area (TPSA) is 53.8 Å². The Balaban J connectivity index is 1.81. The van der Waals surface area contributed by atoms with Crippen LogP contribution in [0.15, 0.2) is 51.7 Å². The lowest BCUT2D eigenvalue weighted by Crippen LogP contribution is -2.33. The van der Waals surface area contributed by atoms with Gasteiger partial charge in [0.1, 0.15) is 5.58 Å². The van der Waals surface area contributed by atoms with Gasteiger partial charge in [-0.15, -0.1) is 0 Å². The molecule has 2 heterocycles. The largest absolute Gasteiger partial charge is 0.450 e. The van der Waals surface area contributed by atoms with Gasteiger partial charge >= 0.3 is 0 Å². The van der Waals surface area contributed by atoms with Gasteiger partial charge in [0.2, 0.25) is 5.76 Å². The lowest BCUT2D eigenvalue weighted by atomic mass is 9.97. The quantitative estimate of drug-likeness (QED) is 0.559. The predicted octanol–water partition coefficient (Wildman–Crippen LogP) is 4.69. The molecule has 162 valence electrons. The van der Waals surface area contributed by atoms with Gasteiger partial charge in [0.25, 0.3) is 5.91 Å². The molecule has 0 fully saturated rings. The fraction of sp³-hybridized carbons (Fsp3) is 0.385. The van der Waals surface area contributed by atoms with Crippen LogP contribution in [0, 0.1) is 13.8 Å². The van der Waals surface area contributed by atoms with Gasteiger partial charge in [-0.2, -0.15) is 0 Å². The molecular formula is C26H30N2O3. The zero-order chi connectivity index (χ0) is 22.1. The van der Waals surface area contributed by atoms with Crippen LogP contribution in [-0.4, -0.2) is 41.9 Å². The second kappa shape index (κ2) is 8.67. The molecule has 1 aliphatic rings. The summed E-state index contributed by atoms with van der Waals surface area (Å²) in [6.07, 6.45) is 0.844. The van der Waals surface area contributed by atoms with E-state index < -0.39 is 6.04 Å². The lowest BCUT2D eigenvalue weighted by molar-refractivity contribution is 0.0720. The summed E-state index contributed by atoms with van der Waals surface area (Å²) in [7, 11) is 0. The molecule has 2 aromatic carbocycles. The molecular weight excluding hydrogens is 388 g/mol. The number of fused-ring (bicyclic) bond motifs is 2. The average Bonchev–Trinajstić information content (AvgIpc) is 3.05. The van der Waals surface area contributed by atoms with Crippen LogP contribution in [0.3, 0.4) is 0 Å². The van der Waals surface area contributed by atoms with Gasteiger partial charge in [0.15, 0.2) is 5.43 Å². The van der Waals surface area contributed by atoms with E-state index in [9.17, 15) is 9.59 Å². The van der Waals surface area contributed by atoms with Crippen LogP contribution in [0.2, 0.25) is 0 Å². The van der Waals surface area contributed by atoms with Crippen LogP contribution in [0.25, 0.3) is 11.0 Å². The van der Waals surface area contributed by atoms with Crippen molar-refractivity contribution < 1.29 is 9.21 Å². The minimum Gasteiger partial charge on any atom is -0.450 e. The van der Waals surface area contributed by atoms with E-state index in [0.717, 1.165) is 42.7 Å². The second-order valence-electron chi connectivity index (χ2n) is 8.30. The van der Waals surface area contributed by atoms with Gasteiger partial charge in [-0.05, 0) is 68.7 Å². The maximum atomic E-state index is 13.6. The Hall–Kier alpha value is -2.92. The summed E-state index contributed by atoms with van der Waals surface area (Å²) in [5.74, 6) is -0.00178. The first-order chi connectivity index (χ1) is 15.0. The van der Waals surface area contributed by atoms with Gasteiger partial charge in [-0.3, -0.25) is 9.59 Å². The van der Waals surface area contributed by atoms with Crippen molar-refractivity contribution in [2.45, 2.75) is 40.2 Å². The van der Waals surface area contributed by atoms with Crippen molar-refractivity contribution in [1.29, 1.82) is 0 Å². The highest BCUT2D eigenvalue weighted by molar-refractivity contribution is 5.99. The van der Waals surface area contributed by atoms with E-state index in [1.54, 1.807) is 0 Å². The van der Waals surface area contributed by atoms with Crippen LogP contribution in [0.4, 0.5) is 0 Å². The summed E-state index contributed by atoms with van der Waals surface area (Å²) < 4.78 is 6.08. The molecule has 5 heteroatoms. The van der Waals surface area contributed by atoms with Crippen LogP contribution >= 0.6 is 0 Å². The molecule has 1 unspecified atom stereocenters. The molecule has 5 nitrogen and oxygen atoms in total. The number of aryl methyl sites for hydroxylation is 2. The molecule has 4 rings (SSSR count). The standard InChI is InChI=1S/C26H30N2O3/c1-5-27(6-2)13-10-14-28-23(19-11-8-7-9-12-19)22-24(29)20-15-17(3)18(4)16-21(20)31-25(22)26(28)30/h7-9,11-12,15-16,23H,5-6,10,13-14H2,1-4H3. The number of hydrogen-bond acceptors (Lipinski definition) is 4. The van der Waals surface area contributed by atoms with Crippen molar-refractivity contribution in [3.05, 3.63) is 80.7 Å². The normalized spacial score (nSPS) is 15.8. The SMILES string of the molecule is CCN(CC)CCCN1C(=O)c2oc3cc(C)c(C)cc3c(=O)c2C1c1ccccc1. The first-order valence-corrected chi connectivity index (χ1v) is 11.1. The van der Waals surface area contributed by atoms with Gasteiger partial charge in [0, 0.05) is 6.54 Å². The van der Waals surface area contributed by atoms with Crippen molar-refractivity contribution in [1.82, 2.24) is 9.80 Å². The van der Waals surface area contributed by atoms with Crippen LogP contribution in [0.5, 0.6) is 0 Å². The van der Waals surface area contributed by atoms with E-state index in [1.807, 2.05) is 61.2 Å². The Morgan fingerprint density at radius 1 is 1.00 bits per heavy atom. The number of carbonyl (C=O) groups is 1. The fourth-order valence-corrected chi connectivity index (χ4v) is 4.49. The minimum absolute atomic E-state index is 0.104. The first kappa shape index (κ1) is 21.3. The fourth-order valence-electron chi connectivity index (χ4n) is 4.49. The van der Waals surface area contributed by atoms with Crippen molar-refractivity contribution in [2.75, 3.05) is 26.2 Å². The van der Waals surface area contributed by atoms with Crippen molar-refractivity contribution >= 4 is 16.9 Å². The lowest BCUT2D eigenvalue weighted by Gasteiger charge is -2.26. The number of nitrogens with zero attached hydrogens (tertiary/aromatic N) is 2. The number of rotatable bonds is 7. The van der Waals surface area contributed by atoms with Crippen LogP contribution in [-0.2, 0) is 0 Å². The number of amides is 1. The highest BCUT2D eigenvalue weighted by atomic mass is 16.3. The maximum Gasteiger partial charge on any atom is 0.290 e. The third kappa shape index (κ3) is 3.79. The predicted molar refractivity (Wildman–Crippen MR) is 124 cm³/mol. The van der Waals surface area contributed by atoms with E-state index in [0.29, 0.717) is 23.1 Å². The van der Waals surface area contributed by atoms with Gasteiger partial charge in [-0.1, -0.05) is 44.2 Å². The second-order valence-corrected chi connectivity index (χ2v) is 8.30. The molecule has 0 bridgehead atoms. The molecule has 1 atom stereocenters. The highest BCUT2D eigenvalue weighted by Crippen LogP contribution is 2.38. The number of carbonyl (C=O) groups excluding carboxylic acids is 1. The highest BCUT2D eigenvalue weighted by Gasteiger charge is 2.42. The minimum atomic E-state index is -0.414. The van der Waals surface area contributed by atoms with Crippen molar-refractivity contribution in [3.8, 4) is 0 Å². The van der Waals surface area contributed by atoms with E-state index in [1.165, 1.54) is 0 Å². The maximum absolute atomic E-state index is 13.6. The molecule has 1 aliphatic heterocycles. The summed E-state index contributed by atoms with van der Waals surface area (Å²) in [6.45, 7) is 11.7. The van der Waals surface area contributed by atoms with Crippen molar-refractivity contribution in [2.24, 2.45) is 0 Å². The molecule has 0 aliphatic carbocycles. The van der Waals surface area contributed by atoms with Gasteiger partial charge < -0.3 is 14.2 Å². The Labute approximate surface area is 183 Å². The molecule has 0 saturated heterocycles. The zero-order valence-electron chi connectivity index (χ0n) is 18.8. The van der Waals surface area contributed by atoms with E-state index >= 15 is 0 Å². The monoisotopic (exact) mass is 418 g/mol. The Morgan fingerprint density at radius 2 is 1.68 bits per heavy atom. The third-order valence-electron chi connectivity index (χ3n) is 6.47. The van der Waals surface area contributed by atoms with Gasteiger partial charge in [0.05, 0.1) is 17.0 Å². The molecule has 31 heavy (non-hydrogen) atoms. The zero-order valence-corrected chi connectivity index (χ0v) is 18.8. The van der Waals surface area contributed by atoms with Gasteiger partial charge in [-0.25, -0.2) is 0 Å². The van der Waals surface area contributed by atoms with Crippen molar-refractivity contribution in [3.63, 3.8) is 0 Å². The molecule has 3 aromatic rings. The number of benzene rings is 2. The summed E-state index contributed by atoms with van der Waals surface area (Å²) in [5, 5.41) is 0.542. The smallest absolute Gasteiger partial charge is 0.290 e. The molecule has 1 amide bonds. The van der Waals surface area contributed by atoms with E-state index in [-0.39, 0.29) is 17.1 Å². The molecule has 0 radical (unpaired) electrons. The summed E-state index contributed by atoms with van der Waals surface area (Å²) >= 11 is 0. The van der Waals surface area contributed by atoms with E-state index in [4.69, 9.17) is 4.42 Å². The Kier molecular flexibility index (Phi) is 5.96. The van der Waals surface area contributed by atoms with Crippen LogP contribution < -0.4 is 5.43 Å². The molecule has 0 saturated carbocycles. The van der Waals surface area contributed by atoms with E-state index in [2.05, 4.69) is 18.7 Å². The molecule has 1 aromatic heterocycles. The number of hydrogen-bond donors (Lipinski definition) is 0. The Bertz CT molecular complexity index is 1160. The summed E-state index contributed by atoms with van der Waals surface area (Å²) in [4.78, 5) is 31.2. The van der Waals surface area contributed by atoms with Crippen LogP contribution in [0.1, 0.15) is 59.1 Å². The third-order valence-corrected chi connectivity index (χ3v) is 6.47. The average molecular weight is 419 g/mol.